The molecule has 0 radical (unpaired) electrons. The van der Waals surface area contributed by atoms with Crippen LogP contribution in [0, 0.1) is 11.8 Å². The first-order valence-electron chi connectivity index (χ1n) is 19.2. The first-order valence-corrected chi connectivity index (χ1v) is 19.2. The molecule has 2 saturated heterocycles. The van der Waals surface area contributed by atoms with Crippen molar-refractivity contribution in [2.45, 2.75) is 113 Å². The lowest BCUT2D eigenvalue weighted by Gasteiger charge is -2.52. The van der Waals surface area contributed by atoms with E-state index in [0.717, 1.165) is 5.56 Å². The molecule has 3 aliphatic rings. The van der Waals surface area contributed by atoms with E-state index in [4.69, 9.17) is 23.8 Å². The Morgan fingerprint density at radius 1 is 0.930 bits per heavy atom. The molecule has 18 heteroatoms. The smallest absolute Gasteiger partial charge is 0.407 e. The van der Waals surface area contributed by atoms with Gasteiger partial charge in [0.2, 0.25) is 0 Å². The van der Waals surface area contributed by atoms with E-state index >= 15 is 0 Å². The number of nitrogens with one attached hydrogen (secondary N) is 3. The zero-order chi connectivity index (χ0) is 41.4. The van der Waals surface area contributed by atoms with Gasteiger partial charge in [-0.2, -0.15) is 5.06 Å². The average Bonchev–Trinajstić information content (AvgIpc) is 3.19. The van der Waals surface area contributed by atoms with E-state index in [2.05, 4.69) is 16.0 Å². The summed E-state index contributed by atoms with van der Waals surface area (Å²) in [6.07, 6.45) is -12.8. The number of urea groups is 1. The van der Waals surface area contributed by atoms with Crippen molar-refractivity contribution in [1.29, 1.82) is 0 Å². The molecule has 18 nitrogen and oxygen atoms in total. The molecule has 0 spiro atoms. The number of rotatable bonds is 12. The van der Waals surface area contributed by atoms with E-state index in [1.165, 1.54) is 26.1 Å². The molecule has 0 bridgehead atoms. The average molecular weight is 805 g/mol. The highest BCUT2D eigenvalue weighted by Crippen LogP contribution is 2.41. The van der Waals surface area contributed by atoms with Crippen LogP contribution in [-0.2, 0) is 30.4 Å². The molecular formula is C39H56N4O14. The van der Waals surface area contributed by atoms with Gasteiger partial charge in [-0.05, 0) is 50.4 Å². The Hall–Kier alpha value is -3.95. The molecule has 2 aliphatic heterocycles. The molecule has 1 saturated carbocycles. The third-order valence-corrected chi connectivity index (χ3v) is 10.9. The molecule has 14 unspecified atom stereocenters. The number of carbonyl (C=O) groups is 3. The van der Waals surface area contributed by atoms with Gasteiger partial charge in [0.05, 0.1) is 49.1 Å². The van der Waals surface area contributed by atoms with Gasteiger partial charge in [0, 0.05) is 12.5 Å². The van der Waals surface area contributed by atoms with Gasteiger partial charge in [0.25, 0.3) is 0 Å². The van der Waals surface area contributed by atoms with Gasteiger partial charge in [-0.1, -0.05) is 62.4 Å². The lowest BCUT2D eigenvalue weighted by molar-refractivity contribution is -0.305. The fraction of sp³-hybridized carbons (Fsp3) is 0.615. The second kappa shape index (κ2) is 19.7. The standard InChI is InChI=1S/C39H56N4O14/c1-5-25-27(44)29(46)30(47)33(55-25)26-21(2)18-24(32(28(26)45)56-36-31(48)34(40-4)39(3,52)20-54-36)42-37(50)43(57-35(49)23-14-10-7-11-15-23)17-16-41-38(51)53-19-22-12-8-6-9-13-22/h6-15,21,24-34,36,40,44-48,52H,5,16-20H2,1-4H3,(H,41,51)(H,42,50). The Labute approximate surface area is 331 Å². The van der Waals surface area contributed by atoms with E-state index < -0.39 is 103 Å². The number of aliphatic hydroxyl groups excluding tert-OH is 5. The van der Waals surface area contributed by atoms with Gasteiger partial charge in [-0.25, -0.2) is 14.4 Å². The van der Waals surface area contributed by atoms with Crippen LogP contribution in [0.15, 0.2) is 60.7 Å². The number of benzene rings is 2. The van der Waals surface area contributed by atoms with Crippen LogP contribution >= 0.6 is 0 Å². The summed E-state index contributed by atoms with van der Waals surface area (Å²) in [7, 11) is 1.54. The zero-order valence-corrected chi connectivity index (χ0v) is 32.4. The van der Waals surface area contributed by atoms with Gasteiger partial charge in [-0.15, -0.1) is 0 Å². The number of ether oxygens (including phenoxy) is 4. The molecule has 3 fully saturated rings. The van der Waals surface area contributed by atoms with E-state index in [1.54, 1.807) is 56.3 Å². The van der Waals surface area contributed by atoms with Crippen LogP contribution in [0.2, 0.25) is 0 Å². The van der Waals surface area contributed by atoms with Crippen molar-refractivity contribution in [2.75, 3.05) is 26.7 Å². The minimum Gasteiger partial charge on any atom is -0.445 e. The molecule has 5 rings (SSSR count). The lowest BCUT2D eigenvalue weighted by atomic mass is 9.69. The summed E-state index contributed by atoms with van der Waals surface area (Å²) in [5.74, 6) is -2.34. The van der Waals surface area contributed by atoms with E-state index in [1.807, 2.05) is 6.07 Å². The summed E-state index contributed by atoms with van der Waals surface area (Å²) in [5, 5.41) is 75.5. The molecule has 0 aromatic heterocycles. The first-order chi connectivity index (χ1) is 27.2. The van der Waals surface area contributed by atoms with Crippen molar-refractivity contribution < 1.29 is 68.8 Å². The number of alkyl carbamates (subject to hydrolysis) is 1. The third kappa shape index (κ3) is 10.6. The molecule has 316 valence electrons. The first kappa shape index (κ1) is 44.2. The fourth-order valence-electron chi connectivity index (χ4n) is 7.86. The number of aliphatic hydroxyl groups is 6. The number of hydrogen-bond donors (Lipinski definition) is 9. The Morgan fingerprint density at radius 2 is 1.60 bits per heavy atom. The maximum absolute atomic E-state index is 14.1. The number of hydrogen-bond acceptors (Lipinski definition) is 15. The molecule has 3 amide bonds. The van der Waals surface area contributed by atoms with Crippen molar-refractivity contribution in [1.82, 2.24) is 21.0 Å². The molecule has 2 heterocycles. The highest BCUT2D eigenvalue weighted by molar-refractivity contribution is 5.90. The van der Waals surface area contributed by atoms with Crippen LogP contribution in [-0.4, -0.2) is 153 Å². The predicted molar refractivity (Wildman–Crippen MR) is 200 cm³/mol. The van der Waals surface area contributed by atoms with Crippen LogP contribution in [0.25, 0.3) is 0 Å². The van der Waals surface area contributed by atoms with Crippen molar-refractivity contribution in [3.05, 3.63) is 71.8 Å². The van der Waals surface area contributed by atoms with Crippen molar-refractivity contribution in [2.24, 2.45) is 11.8 Å². The van der Waals surface area contributed by atoms with Crippen LogP contribution in [0.4, 0.5) is 9.59 Å². The Bertz CT molecular complexity index is 1610. The van der Waals surface area contributed by atoms with Gasteiger partial charge >= 0.3 is 18.1 Å². The van der Waals surface area contributed by atoms with Crippen molar-refractivity contribution in [3.8, 4) is 0 Å². The normalized spacial score (nSPS) is 35.4. The third-order valence-electron chi connectivity index (χ3n) is 10.9. The quantitative estimate of drug-likeness (QED) is 0.126. The van der Waals surface area contributed by atoms with Gasteiger partial charge < -0.3 is 70.4 Å². The number of amides is 3. The van der Waals surface area contributed by atoms with Crippen molar-refractivity contribution in [3.63, 3.8) is 0 Å². The molecular weight excluding hydrogens is 748 g/mol. The van der Waals surface area contributed by atoms with E-state index in [-0.39, 0.29) is 38.3 Å². The minimum absolute atomic E-state index is 0.00196. The molecule has 2 aromatic carbocycles. The summed E-state index contributed by atoms with van der Waals surface area (Å²) in [6.45, 7) is 4.14. The number of nitrogens with zero attached hydrogens (tertiary/aromatic N) is 1. The van der Waals surface area contributed by atoms with Crippen LogP contribution in [0.5, 0.6) is 0 Å². The molecule has 57 heavy (non-hydrogen) atoms. The molecule has 14 atom stereocenters. The summed E-state index contributed by atoms with van der Waals surface area (Å²) in [5.41, 5.74) is -0.602. The summed E-state index contributed by atoms with van der Waals surface area (Å²) in [4.78, 5) is 45.2. The summed E-state index contributed by atoms with van der Waals surface area (Å²) < 4.78 is 23.3. The number of hydroxylamine groups is 2. The molecule has 1 aliphatic carbocycles. The summed E-state index contributed by atoms with van der Waals surface area (Å²) >= 11 is 0. The van der Waals surface area contributed by atoms with Crippen LogP contribution < -0.4 is 16.0 Å². The predicted octanol–water partition coefficient (Wildman–Crippen LogP) is -0.217. The number of likely N-dealkylation sites (N-methyl/N-ethyl adjacent to an activating group) is 1. The molecule has 9 N–H and O–H groups in total. The second-order valence-corrected chi connectivity index (χ2v) is 15.1. The van der Waals surface area contributed by atoms with Crippen molar-refractivity contribution >= 4 is 18.1 Å². The Kier molecular flexibility index (Phi) is 15.2. The highest BCUT2D eigenvalue weighted by atomic mass is 16.7. The maximum atomic E-state index is 14.1. The van der Waals surface area contributed by atoms with Gasteiger partial charge in [-0.3, -0.25) is 0 Å². The topological polar surface area (TPSA) is 258 Å². The highest BCUT2D eigenvalue weighted by Gasteiger charge is 2.55. The summed E-state index contributed by atoms with van der Waals surface area (Å²) in [6, 6.07) is 14.0. The van der Waals surface area contributed by atoms with E-state index in [0.29, 0.717) is 11.5 Å². The minimum atomic E-state index is -1.60. The van der Waals surface area contributed by atoms with Crippen LogP contribution in [0.1, 0.15) is 49.5 Å². The van der Waals surface area contributed by atoms with E-state index in [9.17, 15) is 45.0 Å². The fourth-order valence-corrected chi connectivity index (χ4v) is 7.86. The van der Waals surface area contributed by atoms with Crippen LogP contribution in [0.3, 0.4) is 0 Å². The Morgan fingerprint density at radius 3 is 2.25 bits per heavy atom. The maximum Gasteiger partial charge on any atom is 0.407 e. The molecule has 2 aromatic rings. The van der Waals surface area contributed by atoms with Gasteiger partial charge in [0.15, 0.2) is 6.29 Å². The Balaban J connectivity index is 1.37. The monoisotopic (exact) mass is 804 g/mol. The largest absolute Gasteiger partial charge is 0.445 e. The lowest BCUT2D eigenvalue weighted by Crippen LogP contribution is -2.69. The SMILES string of the molecule is CCC1OC(C2C(C)CC(NC(=O)N(CCNC(=O)OCc3ccccc3)OC(=O)c3ccccc3)C(OC3OCC(C)(O)C(NC)C3O)C2O)C(O)C(O)C1O. The zero-order valence-electron chi connectivity index (χ0n) is 32.4. The van der Waals surface area contributed by atoms with Gasteiger partial charge in [0.1, 0.15) is 42.7 Å². The number of carbonyl (C=O) groups excluding carboxylic acids is 3. The second-order valence-electron chi connectivity index (χ2n) is 15.1.